The molecule has 1 aromatic carbocycles. The normalized spacial score (nSPS) is 14.2. The molecule has 0 aromatic heterocycles. The summed E-state index contributed by atoms with van der Waals surface area (Å²) in [7, 11) is 0. The first kappa shape index (κ1) is 14.6. The van der Waals surface area contributed by atoms with Crippen molar-refractivity contribution in [2.24, 2.45) is 5.73 Å². The lowest BCUT2D eigenvalue weighted by Crippen LogP contribution is -2.36. The molecule has 1 aromatic rings. The number of carbonyl (C=O) groups is 1. The van der Waals surface area contributed by atoms with E-state index >= 15 is 0 Å². The molecule has 1 atom stereocenters. The van der Waals surface area contributed by atoms with Crippen molar-refractivity contribution in [3.05, 3.63) is 35.1 Å². The second-order valence-corrected chi connectivity index (χ2v) is 4.62. The SMILES string of the molecule is CCC(C)(O)CNCc1cc(C(N)=O)ccc1F. The molecular formula is C13H19FN2O2. The second kappa shape index (κ2) is 5.93. The minimum Gasteiger partial charge on any atom is -0.389 e. The van der Waals surface area contributed by atoms with Crippen molar-refractivity contribution >= 4 is 5.91 Å². The fourth-order valence-electron chi connectivity index (χ4n) is 1.45. The summed E-state index contributed by atoms with van der Waals surface area (Å²) in [6, 6.07) is 3.99. The van der Waals surface area contributed by atoms with E-state index in [1.54, 1.807) is 6.92 Å². The van der Waals surface area contributed by atoms with E-state index in [0.29, 0.717) is 18.5 Å². The van der Waals surface area contributed by atoms with Gasteiger partial charge in [0, 0.05) is 24.2 Å². The maximum atomic E-state index is 13.5. The fraction of sp³-hybridized carbons (Fsp3) is 0.462. The van der Waals surface area contributed by atoms with E-state index in [-0.39, 0.29) is 12.1 Å². The van der Waals surface area contributed by atoms with Crippen molar-refractivity contribution < 1.29 is 14.3 Å². The highest BCUT2D eigenvalue weighted by Gasteiger charge is 2.16. The highest BCUT2D eigenvalue weighted by Crippen LogP contribution is 2.11. The van der Waals surface area contributed by atoms with Crippen LogP contribution in [0.1, 0.15) is 36.2 Å². The first-order chi connectivity index (χ1) is 8.35. The van der Waals surface area contributed by atoms with Crippen LogP contribution >= 0.6 is 0 Å². The average Bonchev–Trinajstić information content (AvgIpc) is 2.31. The third-order valence-corrected chi connectivity index (χ3v) is 2.91. The number of hydrogen-bond acceptors (Lipinski definition) is 3. The molecule has 0 aliphatic rings. The predicted molar refractivity (Wildman–Crippen MR) is 67.5 cm³/mol. The molecule has 100 valence electrons. The minimum absolute atomic E-state index is 0.239. The molecule has 0 spiro atoms. The van der Waals surface area contributed by atoms with E-state index in [0.717, 1.165) is 0 Å². The smallest absolute Gasteiger partial charge is 0.248 e. The Kier molecular flexibility index (Phi) is 4.81. The zero-order valence-electron chi connectivity index (χ0n) is 10.7. The molecule has 0 radical (unpaired) electrons. The summed E-state index contributed by atoms with van der Waals surface area (Å²) in [6.07, 6.45) is 0.601. The van der Waals surface area contributed by atoms with Gasteiger partial charge in [0.15, 0.2) is 0 Å². The van der Waals surface area contributed by atoms with Gasteiger partial charge >= 0.3 is 0 Å². The van der Waals surface area contributed by atoms with Crippen molar-refractivity contribution in [2.45, 2.75) is 32.4 Å². The number of carbonyl (C=O) groups excluding carboxylic acids is 1. The van der Waals surface area contributed by atoms with Crippen LogP contribution < -0.4 is 11.1 Å². The van der Waals surface area contributed by atoms with Crippen molar-refractivity contribution in [1.82, 2.24) is 5.32 Å². The summed E-state index contributed by atoms with van der Waals surface area (Å²) < 4.78 is 13.5. The molecule has 0 heterocycles. The van der Waals surface area contributed by atoms with E-state index in [1.165, 1.54) is 18.2 Å². The zero-order chi connectivity index (χ0) is 13.8. The molecule has 5 heteroatoms. The number of amides is 1. The van der Waals surface area contributed by atoms with Gasteiger partial charge in [-0.3, -0.25) is 4.79 Å². The van der Waals surface area contributed by atoms with Gasteiger partial charge in [-0.2, -0.15) is 0 Å². The van der Waals surface area contributed by atoms with Crippen molar-refractivity contribution in [1.29, 1.82) is 0 Å². The van der Waals surface area contributed by atoms with Crippen LogP contribution in [-0.4, -0.2) is 23.2 Å². The van der Waals surface area contributed by atoms with Gasteiger partial charge < -0.3 is 16.2 Å². The highest BCUT2D eigenvalue weighted by atomic mass is 19.1. The Morgan fingerprint density at radius 1 is 1.56 bits per heavy atom. The summed E-state index contributed by atoms with van der Waals surface area (Å²) >= 11 is 0. The number of benzene rings is 1. The van der Waals surface area contributed by atoms with Gasteiger partial charge in [0.05, 0.1) is 5.60 Å². The molecule has 4 N–H and O–H groups in total. The van der Waals surface area contributed by atoms with Crippen LogP contribution in [0, 0.1) is 5.82 Å². The largest absolute Gasteiger partial charge is 0.389 e. The van der Waals surface area contributed by atoms with Gasteiger partial charge in [0.1, 0.15) is 5.82 Å². The molecule has 0 fully saturated rings. The Labute approximate surface area is 106 Å². The van der Waals surface area contributed by atoms with Crippen LogP contribution in [0.15, 0.2) is 18.2 Å². The number of aliphatic hydroxyl groups is 1. The van der Waals surface area contributed by atoms with Crippen molar-refractivity contribution in [2.75, 3.05) is 6.54 Å². The quantitative estimate of drug-likeness (QED) is 0.713. The van der Waals surface area contributed by atoms with Crippen LogP contribution in [0.5, 0.6) is 0 Å². The zero-order valence-corrected chi connectivity index (χ0v) is 10.7. The van der Waals surface area contributed by atoms with Gasteiger partial charge in [0.2, 0.25) is 5.91 Å². The summed E-state index contributed by atoms with van der Waals surface area (Å²) in [5, 5.41) is 12.7. The molecule has 0 aliphatic heterocycles. The number of rotatable bonds is 6. The third kappa shape index (κ3) is 4.09. The van der Waals surface area contributed by atoms with Crippen LogP contribution in [0.2, 0.25) is 0 Å². The van der Waals surface area contributed by atoms with Crippen LogP contribution in [-0.2, 0) is 6.54 Å². The van der Waals surface area contributed by atoms with Crippen molar-refractivity contribution in [3.8, 4) is 0 Å². The standard InChI is InChI=1S/C13H19FN2O2/c1-3-13(2,18)8-16-7-10-6-9(12(15)17)4-5-11(10)14/h4-6,16,18H,3,7-8H2,1-2H3,(H2,15,17). The van der Waals surface area contributed by atoms with E-state index in [9.17, 15) is 14.3 Å². The van der Waals surface area contributed by atoms with Gasteiger partial charge in [-0.05, 0) is 31.5 Å². The fourth-order valence-corrected chi connectivity index (χ4v) is 1.45. The van der Waals surface area contributed by atoms with Gasteiger partial charge in [0.25, 0.3) is 0 Å². The Balaban J connectivity index is 2.67. The third-order valence-electron chi connectivity index (χ3n) is 2.91. The predicted octanol–water partition coefficient (Wildman–Crippen LogP) is 1.18. The maximum absolute atomic E-state index is 13.5. The molecule has 0 saturated heterocycles. The molecule has 0 saturated carbocycles. The summed E-state index contributed by atoms with van der Waals surface area (Å²) in [5.41, 5.74) is 4.94. The average molecular weight is 254 g/mol. The Hall–Kier alpha value is -1.46. The topological polar surface area (TPSA) is 75.3 Å². The molecule has 1 unspecified atom stereocenters. The summed E-state index contributed by atoms with van der Waals surface area (Å²) in [6.45, 7) is 4.17. The van der Waals surface area contributed by atoms with Gasteiger partial charge in [-0.25, -0.2) is 4.39 Å². The molecule has 1 amide bonds. The highest BCUT2D eigenvalue weighted by molar-refractivity contribution is 5.92. The number of nitrogens with one attached hydrogen (secondary N) is 1. The first-order valence-electron chi connectivity index (χ1n) is 5.87. The maximum Gasteiger partial charge on any atom is 0.248 e. The Morgan fingerprint density at radius 2 is 2.22 bits per heavy atom. The minimum atomic E-state index is -0.822. The van der Waals surface area contributed by atoms with E-state index < -0.39 is 17.3 Å². The lowest BCUT2D eigenvalue weighted by molar-refractivity contribution is 0.0554. The summed E-state index contributed by atoms with van der Waals surface area (Å²) in [4.78, 5) is 11.0. The number of halogens is 1. The monoisotopic (exact) mass is 254 g/mol. The second-order valence-electron chi connectivity index (χ2n) is 4.62. The van der Waals surface area contributed by atoms with Crippen LogP contribution in [0.25, 0.3) is 0 Å². The molecule has 18 heavy (non-hydrogen) atoms. The Morgan fingerprint density at radius 3 is 2.78 bits per heavy atom. The lowest BCUT2D eigenvalue weighted by atomic mass is 10.0. The van der Waals surface area contributed by atoms with E-state index in [4.69, 9.17) is 5.73 Å². The molecule has 0 aliphatic carbocycles. The van der Waals surface area contributed by atoms with Gasteiger partial charge in [-0.15, -0.1) is 0 Å². The lowest BCUT2D eigenvalue weighted by Gasteiger charge is -2.21. The molecule has 1 rings (SSSR count). The Bertz CT molecular complexity index is 433. The number of hydrogen-bond donors (Lipinski definition) is 3. The van der Waals surface area contributed by atoms with Crippen LogP contribution in [0.4, 0.5) is 4.39 Å². The first-order valence-corrected chi connectivity index (χ1v) is 5.87. The molecule has 0 bridgehead atoms. The van der Waals surface area contributed by atoms with E-state index in [1.807, 2.05) is 6.92 Å². The summed E-state index contributed by atoms with van der Waals surface area (Å²) in [5.74, 6) is -0.986. The number of primary amides is 1. The number of nitrogens with two attached hydrogens (primary N) is 1. The molecule has 4 nitrogen and oxygen atoms in total. The molecular weight excluding hydrogens is 235 g/mol. The van der Waals surface area contributed by atoms with Crippen LogP contribution in [0.3, 0.4) is 0 Å². The van der Waals surface area contributed by atoms with Gasteiger partial charge in [-0.1, -0.05) is 6.92 Å². The van der Waals surface area contributed by atoms with Crippen molar-refractivity contribution in [3.63, 3.8) is 0 Å². The van der Waals surface area contributed by atoms with E-state index in [2.05, 4.69) is 5.32 Å².